The van der Waals surface area contributed by atoms with Gasteiger partial charge in [-0.05, 0) is 57.9 Å². The molecule has 0 aliphatic rings. The van der Waals surface area contributed by atoms with E-state index in [-0.39, 0.29) is 12.1 Å². The van der Waals surface area contributed by atoms with Crippen molar-refractivity contribution in [3.05, 3.63) is 59.2 Å². The zero-order chi connectivity index (χ0) is 15.4. The van der Waals surface area contributed by atoms with Crippen LogP contribution in [0, 0.1) is 13.8 Å². The summed E-state index contributed by atoms with van der Waals surface area (Å²) in [5.74, 6) is 0.907. The normalized spacial score (nSPS) is 12.3. The number of rotatable bonds is 5. The minimum atomic E-state index is 0.170. The fourth-order valence-electron chi connectivity index (χ4n) is 2.48. The summed E-state index contributed by atoms with van der Waals surface area (Å²) in [6.07, 6.45) is 0.170. The van der Waals surface area contributed by atoms with Crippen molar-refractivity contribution in [3.8, 4) is 5.75 Å². The van der Waals surface area contributed by atoms with Crippen LogP contribution >= 0.6 is 0 Å². The van der Waals surface area contributed by atoms with Crippen molar-refractivity contribution >= 4 is 5.69 Å². The van der Waals surface area contributed by atoms with Crippen LogP contribution in [0.15, 0.2) is 42.5 Å². The number of nitrogens with one attached hydrogen (secondary N) is 1. The number of ether oxygens (including phenoxy) is 1. The number of hydrogen-bond donors (Lipinski definition) is 1. The quantitative estimate of drug-likeness (QED) is 0.807. The molecule has 0 heterocycles. The Morgan fingerprint density at radius 1 is 0.952 bits per heavy atom. The maximum atomic E-state index is 5.87. The first-order valence-electron chi connectivity index (χ1n) is 7.56. The van der Waals surface area contributed by atoms with Gasteiger partial charge in [0, 0.05) is 6.04 Å². The summed E-state index contributed by atoms with van der Waals surface area (Å²) in [4.78, 5) is 0. The lowest BCUT2D eigenvalue weighted by Crippen LogP contribution is -2.12. The number of anilines is 1. The second kappa shape index (κ2) is 6.66. The Balaban J connectivity index is 2.23. The Hall–Kier alpha value is -1.96. The Labute approximate surface area is 128 Å². The minimum absolute atomic E-state index is 0.170. The zero-order valence-electron chi connectivity index (χ0n) is 13.6. The summed E-state index contributed by atoms with van der Waals surface area (Å²) in [5.41, 5.74) is 4.97. The SMILES string of the molecule is Cc1ccc(C)c(C(C)Nc2ccccc2OC(C)C)c1. The lowest BCUT2D eigenvalue weighted by Gasteiger charge is -2.21. The molecule has 0 radical (unpaired) electrons. The average Bonchev–Trinajstić information content (AvgIpc) is 2.43. The van der Waals surface area contributed by atoms with Crippen LogP contribution < -0.4 is 10.1 Å². The Kier molecular flexibility index (Phi) is 4.89. The molecule has 0 spiro atoms. The van der Waals surface area contributed by atoms with Crippen LogP contribution in [-0.4, -0.2) is 6.10 Å². The van der Waals surface area contributed by atoms with Crippen LogP contribution in [0.25, 0.3) is 0 Å². The standard InChI is InChI=1S/C19H25NO/c1-13(2)21-19-9-7-6-8-18(19)20-16(5)17-12-14(3)10-11-15(17)4/h6-13,16,20H,1-5H3. The van der Waals surface area contributed by atoms with Crippen LogP contribution in [0.2, 0.25) is 0 Å². The van der Waals surface area contributed by atoms with Gasteiger partial charge < -0.3 is 10.1 Å². The average molecular weight is 283 g/mol. The third-order valence-corrected chi connectivity index (χ3v) is 3.52. The molecule has 112 valence electrons. The molecule has 0 amide bonds. The summed E-state index contributed by atoms with van der Waals surface area (Å²) in [5, 5.41) is 3.58. The van der Waals surface area contributed by atoms with E-state index in [4.69, 9.17) is 4.74 Å². The van der Waals surface area contributed by atoms with E-state index in [9.17, 15) is 0 Å². The third-order valence-electron chi connectivity index (χ3n) is 3.52. The van der Waals surface area contributed by atoms with Gasteiger partial charge in [-0.1, -0.05) is 35.9 Å². The molecule has 0 saturated heterocycles. The van der Waals surface area contributed by atoms with Gasteiger partial charge in [-0.25, -0.2) is 0 Å². The van der Waals surface area contributed by atoms with Crippen LogP contribution in [-0.2, 0) is 0 Å². The molecule has 1 N–H and O–H groups in total. The molecule has 0 aliphatic heterocycles. The number of aryl methyl sites for hydroxylation is 2. The van der Waals surface area contributed by atoms with Gasteiger partial charge in [0.2, 0.25) is 0 Å². The van der Waals surface area contributed by atoms with E-state index in [2.05, 4.69) is 50.4 Å². The summed E-state index contributed by atoms with van der Waals surface area (Å²) >= 11 is 0. The van der Waals surface area contributed by atoms with Gasteiger partial charge in [0.05, 0.1) is 11.8 Å². The van der Waals surface area contributed by atoms with Crippen molar-refractivity contribution < 1.29 is 4.74 Å². The Bertz CT molecular complexity index is 604. The molecule has 2 rings (SSSR count). The third kappa shape index (κ3) is 4.01. The van der Waals surface area contributed by atoms with E-state index in [0.717, 1.165) is 11.4 Å². The number of para-hydroxylation sites is 2. The monoisotopic (exact) mass is 283 g/mol. The minimum Gasteiger partial charge on any atom is -0.489 e. The van der Waals surface area contributed by atoms with E-state index < -0.39 is 0 Å². The first-order chi connectivity index (χ1) is 9.97. The predicted molar refractivity (Wildman–Crippen MR) is 90.2 cm³/mol. The van der Waals surface area contributed by atoms with Gasteiger partial charge in [-0.2, -0.15) is 0 Å². The Morgan fingerprint density at radius 3 is 2.38 bits per heavy atom. The molecule has 0 saturated carbocycles. The molecule has 0 fully saturated rings. The first-order valence-corrected chi connectivity index (χ1v) is 7.56. The summed E-state index contributed by atoms with van der Waals surface area (Å²) in [6, 6.07) is 14.9. The van der Waals surface area contributed by atoms with E-state index in [0.29, 0.717) is 0 Å². The molecule has 0 bridgehead atoms. The topological polar surface area (TPSA) is 21.3 Å². The van der Waals surface area contributed by atoms with Crippen molar-refractivity contribution in [1.82, 2.24) is 0 Å². The fourth-order valence-corrected chi connectivity index (χ4v) is 2.48. The van der Waals surface area contributed by atoms with E-state index in [1.807, 2.05) is 32.0 Å². The molecule has 1 atom stereocenters. The van der Waals surface area contributed by atoms with E-state index in [1.165, 1.54) is 16.7 Å². The maximum Gasteiger partial charge on any atom is 0.142 e. The first kappa shape index (κ1) is 15.4. The highest BCUT2D eigenvalue weighted by molar-refractivity contribution is 5.57. The summed E-state index contributed by atoms with van der Waals surface area (Å²) in [7, 11) is 0. The summed E-state index contributed by atoms with van der Waals surface area (Å²) < 4.78 is 5.87. The molecule has 2 heteroatoms. The van der Waals surface area contributed by atoms with Crippen molar-refractivity contribution in [1.29, 1.82) is 0 Å². The van der Waals surface area contributed by atoms with Gasteiger partial charge in [-0.15, -0.1) is 0 Å². The number of hydrogen-bond acceptors (Lipinski definition) is 2. The van der Waals surface area contributed by atoms with E-state index in [1.54, 1.807) is 0 Å². The van der Waals surface area contributed by atoms with Crippen LogP contribution in [0.3, 0.4) is 0 Å². The molecular formula is C19H25NO. The molecule has 0 aromatic heterocycles. The lowest BCUT2D eigenvalue weighted by atomic mass is 10.00. The van der Waals surface area contributed by atoms with Crippen molar-refractivity contribution in [2.45, 2.75) is 46.8 Å². The highest BCUT2D eigenvalue weighted by Gasteiger charge is 2.12. The fraction of sp³-hybridized carbons (Fsp3) is 0.368. The molecule has 21 heavy (non-hydrogen) atoms. The second-order valence-corrected chi connectivity index (χ2v) is 5.89. The highest BCUT2D eigenvalue weighted by atomic mass is 16.5. The maximum absolute atomic E-state index is 5.87. The lowest BCUT2D eigenvalue weighted by molar-refractivity contribution is 0.243. The van der Waals surface area contributed by atoms with Gasteiger partial charge >= 0.3 is 0 Å². The van der Waals surface area contributed by atoms with Crippen molar-refractivity contribution in [3.63, 3.8) is 0 Å². The molecular weight excluding hydrogens is 258 g/mol. The molecule has 2 nitrogen and oxygen atoms in total. The molecule has 2 aromatic rings. The molecule has 0 aliphatic carbocycles. The largest absolute Gasteiger partial charge is 0.489 e. The molecule has 1 unspecified atom stereocenters. The predicted octanol–water partition coefficient (Wildman–Crippen LogP) is 5.26. The molecule has 2 aromatic carbocycles. The van der Waals surface area contributed by atoms with Gasteiger partial charge in [0.15, 0.2) is 0 Å². The van der Waals surface area contributed by atoms with Crippen molar-refractivity contribution in [2.75, 3.05) is 5.32 Å². The Morgan fingerprint density at radius 2 is 1.67 bits per heavy atom. The van der Waals surface area contributed by atoms with Crippen LogP contribution in [0.5, 0.6) is 5.75 Å². The summed E-state index contributed by atoms with van der Waals surface area (Å²) in [6.45, 7) is 10.6. The van der Waals surface area contributed by atoms with Crippen molar-refractivity contribution in [2.24, 2.45) is 0 Å². The van der Waals surface area contributed by atoms with Gasteiger partial charge in [-0.3, -0.25) is 0 Å². The number of benzene rings is 2. The van der Waals surface area contributed by atoms with Crippen LogP contribution in [0.1, 0.15) is 43.5 Å². The van der Waals surface area contributed by atoms with Gasteiger partial charge in [0.25, 0.3) is 0 Å². The zero-order valence-corrected chi connectivity index (χ0v) is 13.6. The van der Waals surface area contributed by atoms with Gasteiger partial charge in [0.1, 0.15) is 5.75 Å². The highest BCUT2D eigenvalue weighted by Crippen LogP contribution is 2.30. The second-order valence-electron chi connectivity index (χ2n) is 5.89. The smallest absolute Gasteiger partial charge is 0.142 e. The van der Waals surface area contributed by atoms with E-state index >= 15 is 0 Å². The van der Waals surface area contributed by atoms with Crippen LogP contribution in [0.4, 0.5) is 5.69 Å².